The monoisotopic (exact) mass is 313 g/mol. The number of aromatic nitrogens is 2. The maximum Gasteiger partial charge on any atom is 0.329 e. The number of hydrogen-bond donors (Lipinski definition) is 0. The summed E-state index contributed by atoms with van der Waals surface area (Å²) in [6.07, 6.45) is 3.70. The summed E-state index contributed by atoms with van der Waals surface area (Å²) in [5.41, 5.74) is 2.47. The summed E-state index contributed by atoms with van der Waals surface area (Å²) in [6, 6.07) is 7.24. The van der Waals surface area contributed by atoms with Crippen LogP contribution in [0.25, 0.3) is 0 Å². The van der Waals surface area contributed by atoms with E-state index in [-0.39, 0.29) is 11.9 Å². The van der Waals surface area contributed by atoms with Gasteiger partial charge in [0.15, 0.2) is 0 Å². The van der Waals surface area contributed by atoms with Gasteiger partial charge in [-0.3, -0.25) is 4.79 Å². The van der Waals surface area contributed by atoms with E-state index < -0.39 is 6.04 Å². The largest absolute Gasteiger partial charge is 0.464 e. The van der Waals surface area contributed by atoms with E-state index in [1.165, 1.54) is 0 Å². The van der Waals surface area contributed by atoms with Crippen molar-refractivity contribution in [2.24, 2.45) is 7.05 Å². The van der Waals surface area contributed by atoms with Gasteiger partial charge in [0.05, 0.1) is 12.9 Å². The first-order valence-electron chi connectivity index (χ1n) is 7.62. The fraction of sp³-hybridized carbons (Fsp3) is 0.353. The van der Waals surface area contributed by atoms with Gasteiger partial charge in [0, 0.05) is 26.2 Å². The Kier molecular flexibility index (Phi) is 4.14. The van der Waals surface area contributed by atoms with Crippen molar-refractivity contribution in [2.45, 2.75) is 25.9 Å². The van der Waals surface area contributed by atoms with Crippen molar-refractivity contribution < 1.29 is 14.3 Å². The number of imidazole rings is 1. The first-order valence-corrected chi connectivity index (χ1v) is 7.62. The Morgan fingerprint density at radius 1 is 1.30 bits per heavy atom. The lowest BCUT2D eigenvalue weighted by molar-refractivity contribution is -0.149. The minimum Gasteiger partial charge on any atom is -0.464 e. The van der Waals surface area contributed by atoms with Crippen molar-refractivity contribution in [2.75, 3.05) is 6.61 Å². The van der Waals surface area contributed by atoms with Gasteiger partial charge in [0.2, 0.25) is 0 Å². The first kappa shape index (κ1) is 15.3. The Bertz CT molecular complexity index is 738. The van der Waals surface area contributed by atoms with Crippen LogP contribution in [0.2, 0.25) is 0 Å². The van der Waals surface area contributed by atoms with Gasteiger partial charge < -0.3 is 14.2 Å². The molecule has 0 N–H and O–H groups in total. The van der Waals surface area contributed by atoms with E-state index >= 15 is 0 Å². The summed E-state index contributed by atoms with van der Waals surface area (Å²) in [7, 11) is 1.80. The highest BCUT2D eigenvalue weighted by atomic mass is 16.5. The zero-order valence-electron chi connectivity index (χ0n) is 13.2. The molecule has 0 aliphatic carbocycles. The van der Waals surface area contributed by atoms with E-state index in [2.05, 4.69) is 4.98 Å². The van der Waals surface area contributed by atoms with Crippen LogP contribution in [0.4, 0.5) is 0 Å². The molecule has 1 atom stereocenters. The predicted molar refractivity (Wildman–Crippen MR) is 83.6 cm³/mol. The first-order chi connectivity index (χ1) is 11.1. The fourth-order valence-corrected chi connectivity index (χ4v) is 2.86. The normalized spacial score (nSPS) is 16.8. The van der Waals surface area contributed by atoms with E-state index in [1.807, 2.05) is 24.3 Å². The molecule has 1 aromatic carbocycles. The zero-order valence-corrected chi connectivity index (χ0v) is 13.2. The van der Waals surface area contributed by atoms with Crippen LogP contribution in [0.3, 0.4) is 0 Å². The maximum atomic E-state index is 12.8. The van der Waals surface area contributed by atoms with Crippen molar-refractivity contribution in [3.8, 4) is 0 Å². The maximum absolute atomic E-state index is 12.8. The highest BCUT2D eigenvalue weighted by Gasteiger charge is 2.36. The number of rotatable bonds is 3. The van der Waals surface area contributed by atoms with Gasteiger partial charge in [-0.2, -0.15) is 0 Å². The molecule has 3 rings (SSSR count). The van der Waals surface area contributed by atoms with Crippen LogP contribution in [-0.4, -0.2) is 39.0 Å². The second kappa shape index (κ2) is 6.24. The molecule has 2 aromatic rings. The molecule has 23 heavy (non-hydrogen) atoms. The number of nitrogens with zero attached hydrogens (tertiary/aromatic N) is 3. The number of aryl methyl sites for hydroxylation is 1. The van der Waals surface area contributed by atoms with Crippen molar-refractivity contribution >= 4 is 11.9 Å². The molecule has 1 aliphatic rings. The Hall–Kier alpha value is -2.63. The number of carbonyl (C=O) groups excluding carboxylic acids is 2. The third-order valence-corrected chi connectivity index (χ3v) is 3.99. The van der Waals surface area contributed by atoms with Gasteiger partial charge in [-0.25, -0.2) is 9.78 Å². The Morgan fingerprint density at radius 2 is 2.04 bits per heavy atom. The molecule has 1 aliphatic heterocycles. The molecular weight excluding hydrogens is 294 g/mol. The quantitative estimate of drug-likeness (QED) is 0.807. The van der Waals surface area contributed by atoms with E-state index in [0.717, 1.165) is 11.1 Å². The van der Waals surface area contributed by atoms with Gasteiger partial charge in [0.1, 0.15) is 11.7 Å². The molecule has 120 valence electrons. The van der Waals surface area contributed by atoms with E-state index in [0.29, 0.717) is 25.3 Å². The highest BCUT2D eigenvalue weighted by Crippen LogP contribution is 2.25. The summed E-state index contributed by atoms with van der Waals surface area (Å²) < 4.78 is 6.87. The van der Waals surface area contributed by atoms with Crippen LogP contribution in [-0.2, 0) is 29.5 Å². The average Bonchev–Trinajstić information content (AvgIpc) is 2.99. The molecule has 0 bridgehead atoms. The lowest BCUT2D eigenvalue weighted by Crippen LogP contribution is -2.49. The van der Waals surface area contributed by atoms with Crippen molar-refractivity contribution in [1.82, 2.24) is 14.5 Å². The third kappa shape index (κ3) is 2.97. The van der Waals surface area contributed by atoms with Crippen LogP contribution < -0.4 is 0 Å². The molecule has 1 aromatic heterocycles. The molecule has 6 heteroatoms. The van der Waals surface area contributed by atoms with Crippen LogP contribution in [0.1, 0.15) is 28.5 Å². The summed E-state index contributed by atoms with van der Waals surface area (Å²) in [6.45, 7) is 2.44. The van der Waals surface area contributed by atoms with Gasteiger partial charge in [-0.1, -0.05) is 24.3 Å². The SMILES string of the molecule is CCOC(=O)C1Cc2ccccc2CN1C(=O)c1cn(C)cn1. The van der Waals surface area contributed by atoms with E-state index in [9.17, 15) is 9.59 Å². The predicted octanol–water partition coefficient (Wildman–Crippen LogP) is 1.55. The highest BCUT2D eigenvalue weighted by molar-refractivity contribution is 5.95. The van der Waals surface area contributed by atoms with Crippen LogP contribution >= 0.6 is 0 Å². The number of hydrogen-bond acceptors (Lipinski definition) is 4. The summed E-state index contributed by atoms with van der Waals surface area (Å²) in [5, 5.41) is 0. The second-order valence-electron chi connectivity index (χ2n) is 5.60. The molecule has 1 unspecified atom stereocenters. The van der Waals surface area contributed by atoms with Gasteiger partial charge in [0.25, 0.3) is 5.91 Å². The summed E-state index contributed by atoms with van der Waals surface area (Å²) >= 11 is 0. The topological polar surface area (TPSA) is 64.4 Å². The minimum atomic E-state index is -0.612. The molecule has 0 radical (unpaired) electrons. The average molecular weight is 313 g/mol. The number of amides is 1. The smallest absolute Gasteiger partial charge is 0.329 e. The number of esters is 1. The molecule has 0 spiro atoms. The molecule has 0 fully saturated rings. The van der Waals surface area contributed by atoms with Crippen molar-refractivity contribution in [1.29, 1.82) is 0 Å². The molecule has 1 amide bonds. The number of carbonyl (C=O) groups is 2. The summed E-state index contributed by atoms with van der Waals surface area (Å²) in [4.78, 5) is 30.8. The van der Waals surface area contributed by atoms with Crippen molar-refractivity contribution in [3.05, 3.63) is 53.6 Å². The lowest BCUT2D eigenvalue weighted by atomic mass is 9.93. The Labute approximate surface area is 134 Å². The van der Waals surface area contributed by atoms with Gasteiger partial charge in [-0.15, -0.1) is 0 Å². The van der Waals surface area contributed by atoms with Gasteiger partial charge in [-0.05, 0) is 18.1 Å². The van der Waals surface area contributed by atoms with E-state index in [1.54, 1.807) is 36.0 Å². The lowest BCUT2D eigenvalue weighted by Gasteiger charge is -2.35. The number of ether oxygens (including phenoxy) is 1. The second-order valence-corrected chi connectivity index (χ2v) is 5.60. The Balaban J connectivity index is 1.94. The molecule has 6 nitrogen and oxygen atoms in total. The molecule has 2 heterocycles. The van der Waals surface area contributed by atoms with Crippen LogP contribution in [0.15, 0.2) is 36.8 Å². The fourth-order valence-electron chi connectivity index (χ4n) is 2.86. The zero-order chi connectivity index (χ0) is 16.4. The molecule has 0 saturated heterocycles. The van der Waals surface area contributed by atoms with Crippen LogP contribution in [0.5, 0.6) is 0 Å². The summed E-state index contributed by atoms with van der Waals surface area (Å²) in [5.74, 6) is -0.621. The number of benzene rings is 1. The minimum absolute atomic E-state index is 0.252. The molecular formula is C17H19N3O3. The Morgan fingerprint density at radius 3 is 2.70 bits per heavy atom. The van der Waals surface area contributed by atoms with E-state index in [4.69, 9.17) is 4.74 Å². The van der Waals surface area contributed by atoms with Crippen LogP contribution in [0, 0.1) is 0 Å². The standard InChI is InChI=1S/C17H19N3O3/c1-3-23-17(22)15-8-12-6-4-5-7-13(12)9-20(15)16(21)14-10-19(2)11-18-14/h4-7,10-11,15H,3,8-9H2,1-2H3. The molecule has 0 saturated carbocycles. The third-order valence-electron chi connectivity index (χ3n) is 3.99. The number of fused-ring (bicyclic) bond motifs is 1. The van der Waals surface area contributed by atoms with Crippen molar-refractivity contribution in [3.63, 3.8) is 0 Å². The van der Waals surface area contributed by atoms with Gasteiger partial charge >= 0.3 is 5.97 Å².